The van der Waals surface area contributed by atoms with E-state index in [1.165, 1.54) is 0 Å². The Hall–Kier alpha value is -1.56. The standard InChI is InChI=1S/C16H28N4O2/c1-12(14-17-8-11-19(14)5)18-13-6-9-20(10-7-13)15(21)22-16(2,3)4/h8,11-13,18H,6-7,9-10H2,1-5H3. The first kappa shape index (κ1) is 16.8. The van der Waals surface area contributed by atoms with E-state index in [0.717, 1.165) is 31.8 Å². The van der Waals surface area contributed by atoms with E-state index in [-0.39, 0.29) is 12.1 Å². The molecule has 1 aromatic rings. The molecule has 0 radical (unpaired) electrons. The molecule has 0 aliphatic carbocycles. The first-order valence-electron chi connectivity index (χ1n) is 7.97. The predicted octanol–water partition coefficient (Wildman–Crippen LogP) is 2.47. The quantitative estimate of drug-likeness (QED) is 0.932. The average Bonchev–Trinajstić information content (AvgIpc) is 2.84. The number of rotatable bonds is 3. The summed E-state index contributed by atoms with van der Waals surface area (Å²) in [6.45, 7) is 9.29. The van der Waals surface area contributed by atoms with Gasteiger partial charge in [0.25, 0.3) is 0 Å². The Bertz CT molecular complexity index is 498. The topological polar surface area (TPSA) is 59.4 Å². The Labute approximate surface area is 132 Å². The van der Waals surface area contributed by atoms with Crippen LogP contribution in [0.2, 0.25) is 0 Å². The van der Waals surface area contributed by atoms with Gasteiger partial charge in [0.15, 0.2) is 0 Å². The second-order valence-corrected chi connectivity index (χ2v) is 7.03. The Morgan fingerprint density at radius 3 is 2.55 bits per heavy atom. The van der Waals surface area contributed by atoms with Crippen LogP contribution in [0.4, 0.5) is 4.79 Å². The summed E-state index contributed by atoms with van der Waals surface area (Å²) >= 11 is 0. The molecule has 1 aliphatic rings. The van der Waals surface area contributed by atoms with Crippen molar-refractivity contribution in [1.82, 2.24) is 19.8 Å². The van der Waals surface area contributed by atoms with Crippen LogP contribution in [0.5, 0.6) is 0 Å². The number of likely N-dealkylation sites (tertiary alicyclic amines) is 1. The summed E-state index contributed by atoms with van der Waals surface area (Å²) in [6.07, 6.45) is 5.45. The van der Waals surface area contributed by atoms with E-state index in [0.29, 0.717) is 6.04 Å². The molecule has 0 spiro atoms. The van der Waals surface area contributed by atoms with Crippen LogP contribution >= 0.6 is 0 Å². The van der Waals surface area contributed by atoms with Crippen molar-refractivity contribution in [3.05, 3.63) is 18.2 Å². The van der Waals surface area contributed by atoms with Gasteiger partial charge in [-0.05, 0) is 40.5 Å². The third kappa shape index (κ3) is 4.47. The van der Waals surface area contributed by atoms with Crippen molar-refractivity contribution < 1.29 is 9.53 Å². The van der Waals surface area contributed by atoms with Gasteiger partial charge in [-0.25, -0.2) is 9.78 Å². The van der Waals surface area contributed by atoms with Crippen molar-refractivity contribution in [3.63, 3.8) is 0 Å². The van der Waals surface area contributed by atoms with Crippen LogP contribution in [0.1, 0.15) is 52.4 Å². The molecule has 2 heterocycles. The zero-order chi connectivity index (χ0) is 16.3. The molecule has 0 aromatic carbocycles. The second kappa shape index (κ2) is 6.69. The van der Waals surface area contributed by atoms with Gasteiger partial charge in [-0.3, -0.25) is 0 Å². The fraction of sp³-hybridized carbons (Fsp3) is 0.750. The number of aryl methyl sites for hydroxylation is 1. The number of nitrogens with zero attached hydrogens (tertiary/aromatic N) is 3. The number of carbonyl (C=O) groups is 1. The lowest BCUT2D eigenvalue weighted by Crippen LogP contribution is -2.47. The highest BCUT2D eigenvalue weighted by Gasteiger charge is 2.27. The lowest BCUT2D eigenvalue weighted by molar-refractivity contribution is 0.0196. The summed E-state index contributed by atoms with van der Waals surface area (Å²) in [4.78, 5) is 18.2. The van der Waals surface area contributed by atoms with Crippen LogP contribution in [0, 0.1) is 0 Å². The molecule has 1 aromatic heterocycles. The number of hydrogen-bond acceptors (Lipinski definition) is 4. The fourth-order valence-corrected chi connectivity index (χ4v) is 2.78. The summed E-state index contributed by atoms with van der Waals surface area (Å²) < 4.78 is 7.46. The first-order valence-corrected chi connectivity index (χ1v) is 7.97. The SMILES string of the molecule is CC(NC1CCN(C(=O)OC(C)(C)C)CC1)c1nccn1C. The highest BCUT2D eigenvalue weighted by Crippen LogP contribution is 2.18. The van der Waals surface area contributed by atoms with Gasteiger partial charge in [0, 0.05) is 38.6 Å². The minimum atomic E-state index is -0.432. The van der Waals surface area contributed by atoms with Gasteiger partial charge in [-0.15, -0.1) is 0 Å². The Morgan fingerprint density at radius 2 is 2.05 bits per heavy atom. The van der Waals surface area contributed by atoms with E-state index >= 15 is 0 Å². The molecule has 1 unspecified atom stereocenters. The van der Waals surface area contributed by atoms with Crippen molar-refractivity contribution in [2.75, 3.05) is 13.1 Å². The van der Waals surface area contributed by atoms with Crippen molar-refractivity contribution in [3.8, 4) is 0 Å². The number of amides is 1. The van der Waals surface area contributed by atoms with E-state index in [9.17, 15) is 4.79 Å². The van der Waals surface area contributed by atoms with Crippen molar-refractivity contribution in [2.24, 2.45) is 7.05 Å². The summed E-state index contributed by atoms with van der Waals surface area (Å²) in [5, 5.41) is 3.61. The van der Waals surface area contributed by atoms with Crippen LogP contribution in [0.3, 0.4) is 0 Å². The zero-order valence-electron chi connectivity index (χ0n) is 14.3. The molecule has 1 saturated heterocycles. The molecule has 1 N–H and O–H groups in total. The smallest absolute Gasteiger partial charge is 0.410 e. The maximum atomic E-state index is 12.0. The van der Waals surface area contributed by atoms with E-state index in [4.69, 9.17) is 4.74 Å². The van der Waals surface area contributed by atoms with Crippen LogP contribution in [-0.2, 0) is 11.8 Å². The van der Waals surface area contributed by atoms with Crippen LogP contribution in [0.15, 0.2) is 12.4 Å². The van der Waals surface area contributed by atoms with Gasteiger partial charge in [0.05, 0.1) is 6.04 Å². The monoisotopic (exact) mass is 308 g/mol. The summed E-state index contributed by atoms with van der Waals surface area (Å²) in [5.74, 6) is 1.04. The molecule has 1 aliphatic heterocycles. The number of aromatic nitrogens is 2. The summed E-state index contributed by atoms with van der Waals surface area (Å²) in [7, 11) is 2.01. The molecule has 2 rings (SSSR count). The highest BCUT2D eigenvalue weighted by atomic mass is 16.6. The highest BCUT2D eigenvalue weighted by molar-refractivity contribution is 5.68. The Morgan fingerprint density at radius 1 is 1.41 bits per heavy atom. The van der Waals surface area contributed by atoms with Gasteiger partial charge in [-0.1, -0.05) is 0 Å². The second-order valence-electron chi connectivity index (χ2n) is 7.03. The number of piperidine rings is 1. The van der Waals surface area contributed by atoms with Gasteiger partial charge < -0.3 is 19.5 Å². The van der Waals surface area contributed by atoms with Gasteiger partial charge in [0.1, 0.15) is 11.4 Å². The number of imidazole rings is 1. The maximum absolute atomic E-state index is 12.0. The molecule has 1 amide bonds. The molecule has 1 atom stereocenters. The van der Waals surface area contributed by atoms with Crippen LogP contribution in [0.25, 0.3) is 0 Å². The van der Waals surface area contributed by atoms with Crippen molar-refractivity contribution in [2.45, 2.75) is 58.2 Å². The lowest BCUT2D eigenvalue weighted by Gasteiger charge is -2.34. The zero-order valence-corrected chi connectivity index (χ0v) is 14.3. The van der Waals surface area contributed by atoms with E-state index < -0.39 is 5.60 Å². The van der Waals surface area contributed by atoms with Gasteiger partial charge in [0.2, 0.25) is 0 Å². The molecule has 22 heavy (non-hydrogen) atoms. The molecular formula is C16H28N4O2. The largest absolute Gasteiger partial charge is 0.444 e. The molecule has 0 bridgehead atoms. The number of carbonyl (C=O) groups excluding carboxylic acids is 1. The molecule has 0 saturated carbocycles. The van der Waals surface area contributed by atoms with Crippen LogP contribution < -0.4 is 5.32 Å². The maximum Gasteiger partial charge on any atom is 0.410 e. The lowest BCUT2D eigenvalue weighted by atomic mass is 10.0. The average molecular weight is 308 g/mol. The van der Waals surface area contributed by atoms with E-state index in [1.54, 1.807) is 4.90 Å². The van der Waals surface area contributed by atoms with Gasteiger partial charge in [-0.2, -0.15) is 0 Å². The van der Waals surface area contributed by atoms with Gasteiger partial charge >= 0.3 is 6.09 Å². The molecule has 6 nitrogen and oxygen atoms in total. The first-order chi connectivity index (χ1) is 10.3. The minimum absolute atomic E-state index is 0.205. The van der Waals surface area contributed by atoms with Crippen LogP contribution in [-0.4, -0.2) is 45.3 Å². The summed E-state index contributed by atoms with van der Waals surface area (Å²) in [6, 6.07) is 0.614. The molecular weight excluding hydrogens is 280 g/mol. The molecule has 1 fully saturated rings. The third-order valence-electron chi connectivity index (χ3n) is 3.88. The normalized spacial score (nSPS) is 18.3. The number of ether oxygens (including phenoxy) is 1. The Kier molecular flexibility index (Phi) is 5.11. The summed E-state index contributed by atoms with van der Waals surface area (Å²) in [5.41, 5.74) is -0.432. The third-order valence-corrected chi connectivity index (χ3v) is 3.88. The predicted molar refractivity (Wildman–Crippen MR) is 85.6 cm³/mol. The van der Waals surface area contributed by atoms with E-state index in [2.05, 4.69) is 17.2 Å². The number of nitrogens with one attached hydrogen (secondary N) is 1. The van der Waals surface area contributed by atoms with Crippen molar-refractivity contribution in [1.29, 1.82) is 0 Å². The molecule has 124 valence electrons. The van der Waals surface area contributed by atoms with E-state index in [1.807, 2.05) is 44.8 Å². The number of hydrogen-bond donors (Lipinski definition) is 1. The Balaban J connectivity index is 1.80. The molecule has 6 heteroatoms. The minimum Gasteiger partial charge on any atom is -0.444 e. The van der Waals surface area contributed by atoms with Crippen molar-refractivity contribution >= 4 is 6.09 Å². The fourth-order valence-electron chi connectivity index (χ4n) is 2.78.